The van der Waals surface area contributed by atoms with E-state index in [-0.39, 0.29) is 17.3 Å². The van der Waals surface area contributed by atoms with Crippen molar-refractivity contribution in [3.8, 4) is 5.69 Å². The monoisotopic (exact) mass is 321 g/mol. The number of thioether (sulfide) groups is 1. The molecule has 0 saturated carbocycles. The van der Waals surface area contributed by atoms with E-state index in [9.17, 15) is 9.59 Å². The number of hydrogen-bond donors (Lipinski definition) is 0. The largest absolute Gasteiger partial charge is 0.293 e. The van der Waals surface area contributed by atoms with Gasteiger partial charge in [-0.25, -0.2) is 9.97 Å². The van der Waals surface area contributed by atoms with E-state index in [1.165, 1.54) is 0 Å². The second kappa shape index (κ2) is 5.48. The molecule has 2 aromatic heterocycles. The van der Waals surface area contributed by atoms with E-state index in [2.05, 4.69) is 9.97 Å². The van der Waals surface area contributed by atoms with Gasteiger partial charge in [0.1, 0.15) is 11.8 Å². The summed E-state index contributed by atoms with van der Waals surface area (Å²) in [5, 5.41) is -0.114. The molecule has 0 aliphatic carbocycles. The summed E-state index contributed by atoms with van der Waals surface area (Å²) in [6.07, 6.45) is 3.36. The molecular weight excluding hydrogens is 310 g/mol. The van der Waals surface area contributed by atoms with Gasteiger partial charge in [0.25, 0.3) is 0 Å². The van der Waals surface area contributed by atoms with Crippen LogP contribution in [0.5, 0.6) is 0 Å². The third-order valence-electron chi connectivity index (χ3n) is 3.53. The van der Waals surface area contributed by atoms with Gasteiger partial charge in [-0.05, 0) is 42.1 Å². The molecule has 112 valence electrons. The highest BCUT2D eigenvalue weighted by Gasteiger charge is 2.25. The lowest BCUT2D eigenvalue weighted by molar-refractivity contribution is -0.119. The van der Waals surface area contributed by atoms with Crippen LogP contribution in [0.3, 0.4) is 0 Å². The second-order valence-electron chi connectivity index (χ2n) is 5.11. The number of ketones is 1. The fraction of sp³-hybridized carbons (Fsp3) is 0.0588. The molecular formula is C17H11N3O2S. The van der Waals surface area contributed by atoms with E-state index in [0.29, 0.717) is 16.2 Å². The molecule has 0 atom stereocenters. The maximum absolute atomic E-state index is 11.7. The van der Waals surface area contributed by atoms with E-state index in [1.807, 2.05) is 41.0 Å². The Hall–Kier alpha value is -2.73. The number of hydrogen-bond acceptors (Lipinski definition) is 5. The minimum absolute atomic E-state index is 0.0271. The SMILES string of the molecule is O=C1CC(=O)/C(=C/c2ccc3ncn(-c4ccccc4)c3n2)S1. The predicted molar refractivity (Wildman–Crippen MR) is 89.1 cm³/mol. The van der Waals surface area contributed by atoms with Crippen molar-refractivity contribution in [1.82, 2.24) is 14.5 Å². The number of carbonyl (C=O) groups is 2. The van der Waals surface area contributed by atoms with Gasteiger partial charge in [0, 0.05) is 5.69 Å². The standard InChI is InChI=1S/C17H11N3O2S/c21-14-9-16(22)23-15(14)8-11-6-7-13-17(19-11)20(10-18-13)12-4-2-1-3-5-12/h1-8,10H,9H2/b15-8-. The normalized spacial score (nSPS) is 16.6. The number of pyridine rings is 1. The molecule has 1 aliphatic rings. The zero-order chi connectivity index (χ0) is 15.8. The summed E-state index contributed by atoms with van der Waals surface area (Å²) in [6, 6.07) is 13.5. The summed E-state index contributed by atoms with van der Waals surface area (Å²) in [4.78, 5) is 32.4. The van der Waals surface area contributed by atoms with Gasteiger partial charge >= 0.3 is 0 Å². The molecule has 6 heteroatoms. The van der Waals surface area contributed by atoms with Crippen molar-refractivity contribution in [3.05, 3.63) is 59.4 Å². The van der Waals surface area contributed by atoms with Crippen LogP contribution in [-0.4, -0.2) is 25.4 Å². The number of benzene rings is 1. The zero-order valence-electron chi connectivity index (χ0n) is 12.0. The zero-order valence-corrected chi connectivity index (χ0v) is 12.8. The van der Waals surface area contributed by atoms with Gasteiger partial charge in [0.05, 0.1) is 17.0 Å². The number of allylic oxidation sites excluding steroid dienone is 1. The summed E-state index contributed by atoms with van der Waals surface area (Å²) >= 11 is 0.987. The van der Waals surface area contributed by atoms with Crippen molar-refractivity contribution in [2.24, 2.45) is 0 Å². The van der Waals surface area contributed by atoms with Gasteiger partial charge in [-0.3, -0.25) is 14.2 Å². The first-order valence-electron chi connectivity index (χ1n) is 7.06. The van der Waals surface area contributed by atoms with Crippen LogP contribution in [0.4, 0.5) is 0 Å². The third-order valence-corrected chi connectivity index (χ3v) is 4.47. The van der Waals surface area contributed by atoms with Crippen molar-refractivity contribution >= 4 is 39.9 Å². The Labute approximate surface area is 136 Å². The number of Topliss-reactive ketones (excluding diaryl/α,β-unsaturated/α-hetero) is 1. The molecule has 0 N–H and O–H groups in total. The Balaban J connectivity index is 1.80. The van der Waals surface area contributed by atoms with Gasteiger partial charge in [-0.1, -0.05) is 18.2 Å². The predicted octanol–water partition coefficient (Wildman–Crippen LogP) is 2.99. The number of aromatic nitrogens is 3. The van der Waals surface area contributed by atoms with Crippen molar-refractivity contribution in [2.45, 2.75) is 6.42 Å². The highest BCUT2D eigenvalue weighted by molar-refractivity contribution is 8.18. The van der Waals surface area contributed by atoms with E-state index >= 15 is 0 Å². The van der Waals surface area contributed by atoms with Crippen molar-refractivity contribution in [1.29, 1.82) is 0 Å². The number of nitrogens with zero attached hydrogens (tertiary/aromatic N) is 3. The maximum Gasteiger partial charge on any atom is 0.201 e. The van der Waals surface area contributed by atoms with Gasteiger partial charge in [0.2, 0.25) is 5.12 Å². The first-order chi connectivity index (χ1) is 11.2. The molecule has 4 rings (SSSR count). The topological polar surface area (TPSA) is 64.8 Å². The molecule has 0 radical (unpaired) electrons. The number of imidazole rings is 1. The molecule has 1 fully saturated rings. The summed E-state index contributed by atoms with van der Waals surface area (Å²) in [7, 11) is 0. The molecule has 23 heavy (non-hydrogen) atoms. The van der Waals surface area contributed by atoms with Crippen molar-refractivity contribution in [2.75, 3.05) is 0 Å². The minimum Gasteiger partial charge on any atom is -0.293 e. The lowest BCUT2D eigenvalue weighted by atomic mass is 10.2. The summed E-state index contributed by atoms with van der Waals surface area (Å²) in [6.45, 7) is 0. The van der Waals surface area contributed by atoms with Crippen LogP contribution in [0.2, 0.25) is 0 Å². The Morgan fingerprint density at radius 3 is 2.65 bits per heavy atom. The van der Waals surface area contributed by atoms with Crippen LogP contribution in [0.25, 0.3) is 22.9 Å². The van der Waals surface area contributed by atoms with Crippen LogP contribution in [0, 0.1) is 0 Å². The molecule has 0 spiro atoms. The Morgan fingerprint density at radius 1 is 1.09 bits per heavy atom. The lowest BCUT2D eigenvalue weighted by Gasteiger charge is -2.03. The highest BCUT2D eigenvalue weighted by atomic mass is 32.2. The van der Waals surface area contributed by atoms with Gasteiger partial charge in [0.15, 0.2) is 11.4 Å². The van der Waals surface area contributed by atoms with Crippen LogP contribution >= 0.6 is 11.8 Å². The van der Waals surface area contributed by atoms with Gasteiger partial charge in [-0.15, -0.1) is 0 Å². The number of carbonyl (C=O) groups excluding carboxylic acids is 2. The average molecular weight is 321 g/mol. The van der Waals surface area contributed by atoms with Crippen LogP contribution in [-0.2, 0) is 9.59 Å². The van der Waals surface area contributed by atoms with E-state index < -0.39 is 0 Å². The molecule has 0 unspecified atom stereocenters. The fourth-order valence-corrected chi connectivity index (χ4v) is 3.26. The molecule has 0 bridgehead atoms. The quantitative estimate of drug-likeness (QED) is 0.536. The highest BCUT2D eigenvalue weighted by Crippen LogP contribution is 2.30. The second-order valence-corrected chi connectivity index (χ2v) is 6.21. The molecule has 3 heterocycles. The van der Waals surface area contributed by atoms with Crippen LogP contribution < -0.4 is 0 Å². The maximum atomic E-state index is 11.7. The Kier molecular flexibility index (Phi) is 3.31. The molecule has 5 nitrogen and oxygen atoms in total. The summed E-state index contributed by atoms with van der Waals surface area (Å²) < 4.78 is 1.89. The van der Waals surface area contributed by atoms with E-state index in [0.717, 1.165) is 23.0 Å². The number of fused-ring (bicyclic) bond motifs is 1. The lowest BCUT2D eigenvalue weighted by Crippen LogP contribution is -1.95. The van der Waals surface area contributed by atoms with Gasteiger partial charge in [-0.2, -0.15) is 0 Å². The molecule has 1 aromatic carbocycles. The molecule has 3 aromatic rings. The first-order valence-corrected chi connectivity index (χ1v) is 7.87. The van der Waals surface area contributed by atoms with Crippen molar-refractivity contribution in [3.63, 3.8) is 0 Å². The van der Waals surface area contributed by atoms with E-state index in [1.54, 1.807) is 18.5 Å². The minimum atomic E-state index is -0.140. The van der Waals surface area contributed by atoms with E-state index in [4.69, 9.17) is 0 Å². The number of rotatable bonds is 2. The Morgan fingerprint density at radius 2 is 1.91 bits per heavy atom. The van der Waals surface area contributed by atoms with Crippen LogP contribution in [0.15, 0.2) is 53.7 Å². The number of para-hydroxylation sites is 1. The smallest absolute Gasteiger partial charge is 0.201 e. The van der Waals surface area contributed by atoms with Crippen LogP contribution in [0.1, 0.15) is 12.1 Å². The van der Waals surface area contributed by atoms with Crippen molar-refractivity contribution < 1.29 is 9.59 Å². The molecule has 1 aliphatic heterocycles. The average Bonchev–Trinajstić information content (AvgIpc) is 3.11. The molecule has 0 amide bonds. The molecule has 1 saturated heterocycles. The third kappa shape index (κ3) is 2.57. The first kappa shape index (κ1) is 13.9. The van der Waals surface area contributed by atoms with Gasteiger partial charge < -0.3 is 0 Å². The summed E-state index contributed by atoms with van der Waals surface area (Å²) in [5.41, 5.74) is 3.10. The fourth-order valence-electron chi connectivity index (χ4n) is 2.44. The summed E-state index contributed by atoms with van der Waals surface area (Å²) in [5.74, 6) is -0.140. The Bertz CT molecular complexity index is 960.